The Labute approximate surface area is 126 Å². The van der Waals surface area contributed by atoms with E-state index in [1.165, 1.54) is 0 Å². The molecule has 22 heavy (non-hydrogen) atoms. The molecular weight excluding hydrogens is 280 g/mol. The molecule has 1 aliphatic carbocycles. The maximum absolute atomic E-state index is 10.4. The van der Waals surface area contributed by atoms with Crippen LogP contribution in [0, 0.1) is 0 Å². The van der Waals surface area contributed by atoms with Crippen LogP contribution in [-0.4, -0.2) is 32.6 Å². The maximum atomic E-state index is 10.4. The summed E-state index contributed by atoms with van der Waals surface area (Å²) in [6.07, 6.45) is -5.22. The van der Waals surface area contributed by atoms with E-state index in [-0.39, 0.29) is 0 Å². The Bertz CT molecular complexity index is 873. The molecule has 0 unspecified atom stereocenters. The van der Waals surface area contributed by atoms with Gasteiger partial charge in [0, 0.05) is 0 Å². The predicted octanol–water partition coefficient (Wildman–Crippen LogP) is 1.80. The van der Waals surface area contributed by atoms with Gasteiger partial charge in [-0.05, 0) is 32.7 Å². The van der Waals surface area contributed by atoms with Gasteiger partial charge in [0.05, 0.1) is 0 Å². The van der Waals surface area contributed by atoms with Crippen LogP contribution < -0.4 is 0 Å². The molecule has 0 aromatic heterocycles. The van der Waals surface area contributed by atoms with Crippen LogP contribution in [0.5, 0.6) is 0 Å². The summed E-state index contributed by atoms with van der Waals surface area (Å²) < 4.78 is 0. The molecule has 4 heteroatoms. The lowest BCUT2D eigenvalue weighted by Gasteiger charge is -2.35. The van der Waals surface area contributed by atoms with E-state index in [1.807, 2.05) is 42.5 Å². The summed E-state index contributed by atoms with van der Waals surface area (Å²) in [7, 11) is 0. The molecule has 0 saturated carbocycles. The summed E-state index contributed by atoms with van der Waals surface area (Å²) in [6.45, 7) is 0. The Hall–Kier alpha value is -1.98. The van der Waals surface area contributed by atoms with Gasteiger partial charge < -0.3 is 20.4 Å². The first-order valence-electron chi connectivity index (χ1n) is 7.26. The Kier molecular flexibility index (Phi) is 2.96. The summed E-state index contributed by atoms with van der Waals surface area (Å²) in [6, 6.07) is 15.4. The van der Waals surface area contributed by atoms with E-state index >= 15 is 0 Å². The highest BCUT2D eigenvalue weighted by Crippen LogP contribution is 2.42. The van der Waals surface area contributed by atoms with Gasteiger partial charge in [0.15, 0.2) is 0 Å². The van der Waals surface area contributed by atoms with Crippen molar-refractivity contribution >= 4 is 21.5 Å². The van der Waals surface area contributed by atoms with Gasteiger partial charge in [-0.15, -0.1) is 0 Å². The molecule has 4 atom stereocenters. The second-order valence-electron chi connectivity index (χ2n) is 5.82. The lowest BCUT2D eigenvalue weighted by molar-refractivity contribution is -0.119. The zero-order valence-corrected chi connectivity index (χ0v) is 11.7. The van der Waals surface area contributed by atoms with E-state index in [0.29, 0.717) is 11.1 Å². The number of fused-ring (bicyclic) bond motifs is 5. The second-order valence-corrected chi connectivity index (χ2v) is 5.82. The second kappa shape index (κ2) is 4.76. The van der Waals surface area contributed by atoms with Gasteiger partial charge in [0.25, 0.3) is 0 Å². The highest BCUT2D eigenvalue weighted by Gasteiger charge is 2.40. The molecule has 0 saturated heterocycles. The first kappa shape index (κ1) is 13.7. The number of aliphatic hydroxyl groups is 4. The van der Waals surface area contributed by atoms with Crippen LogP contribution in [0.1, 0.15) is 23.3 Å². The zero-order chi connectivity index (χ0) is 15.4. The first-order valence-corrected chi connectivity index (χ1v) is 7.26. The molecule has 4 N–H and O–H groups in total. The number of benzene rings is 3. The van der Waals surface area contributed by atoms with Crippen molar-refractivity contribution < 1.29 is 20.4 Å². The summed E-state index contributed by atoms with van der Waals surface area (Å²) in [5.41, 5.74) is 0.960. The highest BCUT2D eigenvalue weighted by atomic mass is 16.4. The van der Waals surface area contributed by atoms with Gasteiger partial charge in [-0.3, -0.25) is 0 Å². The predicted molar refractivity (Wildman–Crippen MR) is 83.4 cm³/mol. The third-order valence-electron chi connectivity index (χ3n) is 4.61. The largest absolute Gasteiger partial charge is 0.387 e. The van der Waals surface area contributed by atoms with Crippen molar-refractivity contribution in [3.8, 4) is 0 Å². The fourth-order valence-electron chi connectivity index (χ4n) is 3.44. The minimum absolute atomic E-state index is 0.466. The first-order chi connectivity index (χ1) is 10.6. The molecule has 4 rings (SSSR count). The lowest BCUT2D eigenvalue weighted by Crippen LogP contribution is -2.41. The van der Waals surface area contributed by atoms with Crippen LogP contribution in [0.25, 0.3) is 21.5 Å². The van der Waals surface area contributed by atoms with E-state index in [0.717, 1.165) is 21.5 Å². The third-order valence-corrected chi connectivity index (χ3v) is 4.61. The van der Waals surface area contributed by atoms with Gasteiger partial charge in [-0.25, -0.2) is 0 Å². The average molecular weight is 296 g/mol. The minimum atomic E-state index is -1.40. The lowest BCUT2D eigenvalue weighted by atomic mass is 9.80. The topological polar surface area (TPSA) is 80.9 Å². The molecule has 0 amide bonds. The van der Waals surface area contributed by atoms with Crippen LogP contribution in [0.15, 0.2) is 48.5 Å². The van der Waals surface area contributed by atoms with Crippen LogP contribution in [-0.2, 0) is 0 Å². The summed E-state index contributed by atoms with van der Waals surface area (Å²) in [5, 5.41) is 44.2. The molecule has 0 bridgehead atoms. The summed E-state index contributed by atoms with van der Waals surface area (Å²) >= 11 is 0. The van der Waals surface area contributed by atoms with E-state index in [2.05, 4.69) is 0 Å². The van der Waals surface area contributed by atoms with Crippen LogP contribution in [0.2, 0.25) is 0 Å². The normalized spacial score (nSPS) is 28.0. The van der Waals surface area contributed by atoms with Crippen molar-refractivity contribution in [2.45, 2.75) is 24.4 Å². The maximum Gasteiger partial charge on any atom is 0.113 e. The molecule has 0 spiro atoms. The molecular formula is C18H16O4. The van der Waals surface area contributed by atoms with E-state index in [9.17, 15) is 20.4 Å². The Morgan fingerprint density at radius 2 is 1.27 bits per heavy atom. The molecule has 1 aliphatic rings. The van der Waals surface area contributed by atoms with Gasteiger partial charge in [-0.2, -0.15) is 0 Å². The molecule has 3 aromatic rings. The number of hydrogen-bond donors (Lipinski definition) is 4. The standard InChI is InChI=1S/C18H16O4/c19-15-13-8-7-11-10-4-2-1-3-9(10)5-6-12(11)14(13)16(20)18(22)17(15)21/h1-8,15-22H/t15-,16+,17-,18-/m0/s1. The van der Waals surface area contributed by atoms with Gasteiger partial charge in [-0.1, -0.05) is 48.5 Å². The molecule has 0 aliphatic heterocycles. The average Bonchev–Trinajstić information content (AvgIpc) is 2.56. The van der Waals surface area contributed by atoms with Gasteiger partial charge in [0.1, 0.15) is 24.4 Å². The summed E-state index contributed by atoms with van der Waals surface area (Å²) in [5.74, 6) is 0. The highest BCUT2D eigenvalue weighted by molar-refractivity contribution is 6.08. The Balaban J connectivity index is 2.10. The van der Waals surface area contributed by atoms with Crippen LogP contribution in [0.3, 0.4) is 0 Å². The van der Waals surface area contributed by atoms with Gasteiger partial charge >= 0.3 is 0 Å². The van der Waals surface area contributed by atoms with Crippen LogP contribution in [0.4, 0.5) is 0 Å². The fourth-order valence-corrected chi connectivity index (χ4v) is 3.44. The zero-order valence-electron chi connectivity index (χ0n) is 11.7. The summed E-state index contributed by atoms with van der Waals surface area (Å²) in [4.78, 5) is 0. The fraction of sp³-hybridized carbons (Fsp3) is 0.222. The van der Waals surface area contributed by atoms with Gasteiger partial charge in [0.2, 0.25) is 0 Å². The van der Waals surface area contributed by atoms with Crippen LogP contribution >= 0.6 is 0 Å². The van der Waals surface area contributed by atoms with Crippen molar-refractivity contribution in [2.24, 2.45) is 0 Å². The number of aliphatic hydroxyl groups excluding tert-OH is 4. The molecule has 4 nitrogen and oxygen atoms in total. The van der Waals surface area contributed by atoms with E-state index in [1.54, 1.807) is 6.07 Å². The molecule has 112 valence electrons. The monoisotopic (exact) mass is 296 g/mol. The number of rotatable bonds is 0. The minimum Gasteiger partial charge on any atom is -0.387 e. The van der Waals surface area contributed by atoms with Crippen molar-refractivity contribution in [2.75, 3.05) is 0 Å². The quantitative estimate of drug-likeness (QED) is 0.477. The van der Waals surface area contributed by atoms with E-state index in [4.69, 9.17) is 0 Å². The molecule has 3 aromatic carbocycles. The van der Waals surface area contributed by atoms with Crippen molar-refractivity contribution in [3.05, 3.63) is 59.7 Å². The third kappa shape index (κ3) is 1.72. The number of hydrogen-bond acceptors (Lipinski definition) is 4. The van der Waals surface area contributed by atoms with E-state index < -0.39 is 24.4 Å². The molecule has 0 heterocycles. The van der Waals surface area contributed by atoms with Crippen molar-refractivity contribution in [1.29, 1.82) is 0 Å². The smallest absolute Gasteiger partial charge is 0.113 e. The Morgan fingerprint density at radius 1 is 0.591 bits per heavy atom. The molecule has 0 fully saturated rings. The van der Waals surface area contributed by atoms with Crippen molar-refractivity contribution in [3.63, 3.8) is 0 Å². The SMILES string of the molecule is O[C@@H]1[C@@H](O)[C@@H](O)c2ccc3c(ccc4ccccc43)c2[C@H]1O. The van der Waals surface area contributed by atoms with Crippen molar-refractivity contribution in [1.82, 2.24) is 0 Å². The molecule has 0 radical (unpaired) electrons. The Morgan fingerprint density at radius 3 is 2.09 bits per heavy atom.